The number of likely N-dealkylation sites (tertiary alicyclic amines) is 1. The summed E-state index contributed by atoms with van der Waals surface area (Å²) in [5.74, 6) is 0.374. The predicted molar refractivity (Wildman–Crippen MR) is 99.0 cm³/mol. The number of nitrogens with one attached hydrogen (secondary N) is 1. The standard InChI is InChI=1S/C21H20FN3O2/c22-17-8-4-5-15(9-17)12-25-13-18(10-20(25)26)23-11-19-14-27-21(24-19)16-6-2-1-3-7-16/h1-9,14,18,23H,10-13H2/t18-/m1/s1. The molecule has 4 rings (SSSR count). The molecule has 1 N–H and O–H groups in total. The minimum absolute atomic E-state index is 0.0444. The monoisotopic (exact) mass is 365 g/mol. The van der Waals surface area contributed by atoms with Crippen LogP contribution < -0.4 is 5.32 Å². The molecule has 1 aliphatic rings. The fraction of sp³-hybridized carbons (Fsp3) is 0.238. The summed E-state index contributed by atoms with van der Waals surface area (Å²) in [7, 11) is 0. The average Bonchev–Trinajstić information content (AvgIpc) is 3.28. The summed E-state index contributed by atoms with van der Waals surface area (Å²) in [4.78, 5) is 18.5. The molecule has 0 unspecified atom stereocenters. The van der Waals surface area contributed by atoms with Gasteiger partial charge in [0.1, 0.15) is 12.1 Å². The molecule has 27 heavy (non-hydrogen) atoms. The van der Waals surface area contributed by atoms with Gasteiger partial charge in [-0.2, -0.15) is 0 Å². The van der Waals surface area contributed by atoms with Crippen molar-refractivity contribution in [1.29, 1.82) is 0 Å². The lowest BCUT2D eigenvalue weighted by Gasteiger charge is -2.17. The molecular formula is C21H20FN3O2. The molecule has 6 heteroatoms. The molecule has 1 amide bonds. The molecule has 0 spiro atoms. The first-order valence-electron chi connectivity index (χ1n) is 8.93. The third-order valence-corrected chi connectivity index (χ3v) is 4.62. The zero-order chi connectivity index (χ0) is 18.6. The molecule has 2 heterocycles. The molecule has 1 atom stereocenters. The molecule has 2 aromatic carbocycles. The van der Waals surface area contributed by atoms with Crippen molar-refractivity contribution in [2.24, 2.45) is 0 Å². The van der Waals surface area contributed by atoms with Crippen molar-refractivity contribution < 1.29 is 13.6 Å². The Morgan fingerprint density at radius 2 is 2.04 bits per heavy atom. The van der Waals surface area contributed by atoms with E-state index in [1.165, 1.54) is 12.1 Å². The summed E-state index contributed by atoms with van der Waals surface area (Å²) in [5, 5.41) is 3.36. The van der Waals surface area contributed by atoms with Crippen molar-refractivity contribution in [3.05, 3.63) is 77.9 Å². The van der Waals surface area contributed by atoms with Crippen LogP contribution in [-0.4, -0.2) is 28.4 Å². The molecule has 138 valence electrons. The number of hydrogen-bond acceptors (Lipinski definition) is 4. The van der Waals surface area contributed by atoms with E-state index in [1.807, 2.05) is 36.4 Å². The van der Waals surface area contributed by atoms with Gasteiger partial charge in [0.05, 0.1) is 5.69 Å². The maximum atomic E-state index is 13.3. The first-order chi connectivity index (χ1) is 13.2. The number of rotatable bonds is 6. The summed E-state index contributed by atoms with van der Waals surface area (Å²) in [6.07, 6.45) is 2.06. The Hall–Kier alpha value is -2.99. The normalized spacial score (nSPS) is 16.9. The maximum absolute atomic E-state index is 13.3. The summed E-state index contributed by atoms with van der Waals surface area (Å²) >= 11 is 0. The highest BCUT2D eigenvalue weighted by atomic mass is 19.1. The van der Waals surface area contributed by atoms with Crippen LogP contribution in [0.3, 0.4) is 0 Å². The number of hydrogen-bond donors (Lipinski definition) is 1. The van der Waals surface area contributed by atoms with E-state index in [-0.39, 0.29) is 17.8 Å². The second kappa shape index (κ2) is 7.72. The van der Waals surface area contributed by atoms with Crippen molar-refractivity contribution in [2.75, 3.05) is 6.54 Å². The highest BCUT2D eigenvalue weighted by molar-refractivity contribution is 5.79. The van der Waals surface area contributed by atoms with Gasteiger partial charge in [-0.3, -0.25) is 4.79 Å². The fourth-order valence-electron chi connectivity index (χ4n) is 3.27. The van der Waals surface area contributed by atoms with Gasteiger partial charge in [-0.25, -0.2) is 9.37 Å². The molecule has 1 saturated heterocycles. The van der Waals surface area contributed by atoms with Gasteiger partial charge in [-0.05, 0) is 29.8 Å². The first kappa shape index (κ1) is 17.4. The zero-order valence-corrected chi connectivity index (χ0v) is 14.8. The van der Waals surface area contributed by atoms with Gasteiger partial charge in [0.2, 0.25) is 11.8 Å². The predicted octanol–water partition coefficient (Wildman–Crippen LogP) is 3.37. The Morgan fingerprint density at radius 3 is 2.85 bits per heavy atom. The lowest BCUT2D eigenvalue weighted by Crippen LogP contribution is -2.32. The van der Waals surface area contributed by atoms with Crippen molar-refractivity contribution in [3.63, 3.8) is 0 Å². The van der Waals surface area contributed by atoms with Crippen LogP contribution in [0.5, 0.6) is 0 Å². The second-order valence-electron chi connectivity index (χ2n) is 6.70. The Morgan fingerprint density at radius 1 is 1.19 bits per heavy atom. The number of halogens is 1. The van der Waals surface area contributed by atoms with Gasteiger partial charge in [0, 0.05) is 37.7 Å². The lowest BCUT2D eigenvalue weighted by molar-refractivity contribution is -0.128. The summed E-state index contributed by atoms with van der Waals surface area (Å²) in [5.41, 5.74) is 2.53. The van der Waals surface area contributed by atoms with Crippen LogP contribution in [0.4, 0.5) is 4.39 Å². The van der Waals surface area contributed by atoms with E-state index in [0.29, 0.717) is 31.9 Å². The molecule has 0 bridgehead atoms. The van der Waals surface area contributed by atoms with Gasteiger partial charge in [0.15, 0.2) is 0 Å². The smallest absolute Gasteiger partial charge is 0.226 e. The van der Waals surface area contributed by atoms with Crippen LogP contribution in [0.1, 0.15) is 17.7 Å². The average molecular weight is 365 g/mol. The van der Waals surface area contributed by atoms with Gasteiger partial charge in [-0.15, -0.1) is 0 Å². The lowest BCUT2D eigenvalue weighted by atomic mass is 10.2. The zero-order valence-electron chi connectivity index (χ0n) is 14.8. The fourth-order valence-corrected chi connectivity index (χ4v) is 3.27. The van der Waals surface area contributed by atoms with Crippen LogP contribution in [-0.2, 0) is 17.9 Å². The molecule has 1 aliphatic heterocycles. The van der Waals surface area contributed by atoms with Gasteiger partial charge in [-0.1, -0.05) is 30.3 Å². The summed E-state index contributed by atoms with van der Waals surface area (Å²) < 4.78 is 18.9. The van der Waals surface area contributed by atoms with Gasteiger partial charge in [0.25, 0.3) is 0 Å². The number of amides is 1. The number of aromatic nitrogens is 1. The topological polar surface area (TPSA) is 58.4 Å². The number of carbonyl (C=O) groups excluding carboxylic acids is 1. The Labute approximate surface area is 156 Å². The molecule has 0 radical (unpaired) electrons. The second-order valence-corrected chi connectivity index (χ2v) is 6.70. The number of nitrogens with zero attached hydrogens (tertiary/aromatic N) is 2. The van der Waals surface area contributed by atoms with Crippen molar-refractivity contribution in [1.82, 2.24) is 15.2 Å². The molecule has 3 aromatic rings. The maximum Gasteiger partial charge on any atom is 0.226 e. The van der Waals surface area contributed by atoms with Crippen molar-refractivity contribution >= 4 is 5.91 Å². The van der Waals surface area contributed by atoms with Crippen molar-refractivity contribution in [2.45, 2.75) is 25.6 Å². The van der Waals surface area contributed by atoms with Crippen LogP contribution >= 0.6 is 0 Å². The quantitative estimate of drug-likeness (QED) is 0.728. The highest BCUT2D eigenvalue weighted by Crippen LogP contribution is 2.19. The van der Waals surface area contributed by atoms with Crippen molar-refractivity contribution in [3.8, 4) is 11.5 Å². The summed E-state index contributed by atoms with van der Waals surface area (Å²) in [6.45, 7) is 1.55. The third-order valence-electron chi connectivity index (χ3n) is 4.62. The van der Waals surface area contributed by atoms with Gasteiger partial charge < -0.3 is 14.6 Å². The van der Waals surface area contributed by atoms with E-state index in [9.17, 15) is 9.18 Å². The summed E-state index contributed by atoms with van der Waals surface area (Å²) in [6, 6.07) is 16.1. The minimum atomic E-state index is -0.283. The number of carbonyl (C=O) groups is 1. The van der Waals surface area contributed by atoms with Crippen LogP contribution in [0.2, 0.25) is 0 Å². The van der Waals surface area contributed by atoms with Crippen LogP contribution in [0.25, 0.3) is 11.5 Å². The third kappa shape index (κ3) is 4.23. The Kier molecular flexibility index (Phi) is 4.98. The molecule has 5 nitrogen and oxygen atoms in total. The molecular weight excluding hydrogens is 345 g/mol. The molecule has 0 saturated carbocycles. The van der Waals surface area contributed by atoms with E-state index < -0.39 is 0 Å². The number of oxazole rings is 1. The van der Waals surface area contributed by atoms with E-state index in [4.69, 9.17) is 4.42 Å². The van der Waals surface area contributed by atoms with E-state index in [0.717, 1.165) is 16.8 Å². The molecule has 1 aromatic heterocycles. The van der Waals surface area contributed by atoms with E-state index in [2.05, 4.69) is 10.3 Å². The minimum Gasteiger partial charge on any atom is -0.444 e. The number of benzene rings is 2. The Balaban J connectivity index is 1.32. The SMILES string of the molecule is O=C1C[C@@H](NCc2coc(-c3ccccc3)n2)CN1Cc1cccc(F)c1. The highest BCUT2D eigenvalue weighted by Gasteiger charge is 2.29. The largest absolute Gasteiger partial charge is 0.444 e. The van der Waals surface area contributed by atoms with E-state index in [1.54, 1.807) is 17.2 Å². The van der Waals surface area contributed by atoms with E-state index >= 15 is 0 Å². The molecule has 1 fully saturated rings. The van der Waals surface area contributed by atoms with Gasteiger partial charge >= 0.3 is 0 Å². The van der Waals surface area contributed by atoms with Crippen LogP contribution in [0, 0.1) is 5.82 Å². The molecule has 0 aliphatic carbocycles. The Bertz CT molecular complexity index is 926. The first-order valence-corrected chi connectivity index (χ1v) is 8.93. The van der Waals surface area contributed by atoms with Crippen LogP contribution in [0.15, 0.2) is 65.3 Å².